The lowest BCUT2D eigenvalue weighted by atomic mass is 9.97. The fourth-order valence-corrected chi connectivity index (χ4v) is 6.17. The highest BCUT2D eigenvalue weighted by atomic mass is 32.1. The molecule has 0 radical (unpaired) electrons. The Hall–Kier alpha value is -3.45. The summed E-state index contributed by atoms with van der Waals surface area (Å²) in [5, 5.41) is 31.4. The first-order valence-corrected chi connectivity index (χ1v) is 14.4. The zero-order valence-electron chi connectivity index (χ0n) is 22.2. The third-order valence-corrected chi connectivity index (χ3v) is 8.65. The smallest absolute Gasteiger partial charge is 0.306 e. The number of aliphatic hydroxyl groups excluding tert-OH is 1. The van der Waals surface area contributed by atoms with E-state index in [0.29, 0.717) is 43.9 Å². The number of aryl methyl sites for hydroxylation is 1. The van der Waals surface area contributed by atoms with Crippen LogP contribution in [0, 0.1) is 24.2 Å². The molecule has 0 bridgehead atoms. The van der Waals surface area contributed by atoms with Crippen LogP contribution in [0.3, 0.4) is 0 Å². The first-order chi connectivity index (χ1) is 18.9. The standard InChI is InChI=1S/C30H34N4O4S/c1-20-14-22(17-33-10-8-25(35)9-11-33)2-4-24(20)18-38-28-5-3-21(16-31)15-26(28)27-19-39-30(32-27)34-12-6-23(7-13-34)29(36)37/h2-5,14-15,19,23,25,35H,6-13,17-18H2,1H3,(H,36,37). The molecule has 3 aromatic rings. The molecule has 2 aromatic carbocycles. The van der Waals surface area contributed by atoms with Crippen LogP contribution >= 0.6 is 11.3 Å². The van der Waals surface area contributed by atoms with Gasteiger partial charge in [-0.2, -0.15) is 5.26 Å². The molecule has 1 aromatic heterocycles. The van der Waals surface area contributed by atoms with Crippen LogP contribution in [0.2, 0.25) is 0 Å². The Balaban J connectivity index is 1.27. The summed E-state index contributed by atoms with van der Waals surface area (Å²) in [6.07, 6.45) is 2.73. The van der Waals surface area contributed by atoms with Gasteiger partial charge in [-0.25, -0.2) is 4.98 Å². The molecule has 2 saturated heterocycles. The van der Waals surface area contributed by atoms with Crippen LogP contribution in [0.1, 0.15) is 47.9 Å². The van der Waals surface area contributed by atoms with Crippen LogP contribution in [-0.2, 0) is 17.9 Å². The van der Waals surface area contributed by atoms with Gasteiger partial charge in [-0.15, -0.1) is 11.3 Å². The Bertz CT molecular complexity index is 1350. The molecule has 0 atom stereocenters. The number of carboxylic acids is 1. The van der Waals surface area contributed by atoms with Crippen LogP contribution in [0.4, 0.5) is 5.13 Å². The molecule has 0 spiro atoms. The molecule has 0 saturated carbocycles. The van der Waals surface area contributed by atoms with Crippen molar-refractivity contribution in [2.45, 2.75) is 51.9 Å². The lowest BCUT2D eigenvalue weighted by Gasteiger charge is -2.29. The molecule has 2 N–H and O–H groups in total. The third kappa shape index (κ3) is 6.59. The van der Waals surface area contributed by atoms with Crippen molar-refractivity contribution in [3.8, 4) is 23.1 Å². The van der Waals surface area contributed by atoms with Gasteiger partial charge >= 0.3 is 5.97 Å². The van der Waals surface area contributed by atoms with Crippen molar-refractivity contribution < 1.29 is 19.7 Å². The molecule has 2 fully saturated rings. The summed E-state index contributed by atoms with van der Waals surface area (Å²) in [5.41, 5.74) is 5.59. The molecule has 5 rings (SSSR count). The molecule has 0 unspecified atom stereocenters. The van der Waals surface area contributed by atoms with Crippen molar-refractivity contribution in [2.24, 2.45) is 5.92 Å². The normalized spacial score (nSPS) is 17.2. The predicted molar refractivity (Wildman–Crippen MR) is 151 cm³/mol. The van der Waals surface area contributed by atoms with E-state index in [1.807, 2.05) is 17.5 Å². The molecular weight excluding hydrogens is 512 g/mol. The SMILES string of the molecule is Cc1cc(CN2CCC(O)CC2)ccc1COc1ccc(C#N)cc1-c1csc(N2CCC(C(=O)O)CC2)n1. The average molecular weight is 547 g/mol. The summed E-state index contributed by atoms with van der Waals surface area (Å²) in [5.74, 6) is -0.340. The molecule has 3 heterocycles. The minimum Gasteiger partial charge on any atom is -0.488 e. The number of rotatable bonds is 8. The van der Waals surface area contributed by atoms with Crippen molar-refractivity contribution in [1.29, 1.82) is 5.26 Å². The number of carbonyl (C=O) groups is 1. The maximum atomic E-state index is 11.3. The van der Waals surface area contributed by atoms with Gasteiger partial charge < -0.3 is 19.8 Å². The number of thiazole rings is 1. The second kappa shape index (κ2) is 12.2. The summed E-state index contributed by atoms with van der Waals surface area (Å²) >= 11 is 1.53. The monoisotopic (exact) mass is 546 g/mol. The van der Waals surface area contributed by atoms with Crippen LogP contribution in [0.15, 0.2) is 41.8 Å². The van der Waals surface area contributed by atoms with Crippen molar-refractivity contribution in [1.82, 2.24) is 9.88 Å². The van der Waals surface area contributed by atoms with E-state index in [1.165, 1.54) is 22.5 Å². The zero-order chi connectivity index (χ0) is 27.4. The van der Waals surface area contributed by atoms with Crippen molar-refractivity contribution in [3.05, 3.63) is 64.0 Å². The Morgan fingerprint density at radius 3 is 2.59 bits per heavy atom. The van der Waals surface area contributed by atoms with Gasteiger partial charge in [0.1, 0.15) is 12.4 Å². The molecule has 204 valence electrons. The van der Waals surface area contributed by atoms with Crippen LogP contribution in [0.25, 0.3) is 11.3 Å². The van der Waals surface area contributed by atoms with E-state index in [1.54, 1.807) is 6.07 Å². The number of anilines is 1. The summed E-state index contributed by atoms with van der Waals surface area (Å²) < 4.78 is 6.29. The van der Waals surface area contributed by atoms with Crippen LogP contribution < -0.4 is 9.64 Å². The number of benzene rings is 2. The summed E-state index contributed by atoms with van der Waals surface area (Å²) in [7, 11) is 0. The molecule has 0 aliphatic carbocycles. The lowest BCUT2D eigenvalue weighted by molar-refractivity contribution is -0.142. The van der Waals surface area contributed by atoms with Gasteiger partial charge in [-0.05, 0) is 67.5 Å². The van der Waals surface area contributed by atoms with Crippen LogP contribution in [0.5, 0.6) is 5.75 Å². The van der Waals surface area contributed by atoms with E-state index in [9.17, 15) is 20.3 Å². The quantitative estimate of drug-likeness (QED) is 0.414. The second-order valence-corrected chi connectivity index (χ2v) is 11.3. The number of piperidine rings is 2. The Kier molecular flexibility index (Phi) is 8.46. The number of likely N-dealkylation sites (tertiary alicyclic amines) is 1. The molecule has 9 heteroatoms. The van der Waals surface area contributed by atoms with Crippen molar-refractivity contribution in [3.63, 3.8) is 0 Å². The van der Waals surface area contributed by atoms with Crippen molar-refractivity contribution >= 4 is 22.4 Å². The fourth-order valence-electron chi connectivity index (χ4n) is 5.29. The fraction of sp³-hybridized carbons (Fsp3) is 0.433. The second-order valence-electron chi connectivity index (χ2n) is 10.5. The highest BCUT2D eigenvalue weighted by Gasteiger charge is 2.26. The van der Waals surface area contributed by atoms with Gasteiger partial charge in [0.25, 0.3) is 0 Å². The van der Waals surface area contributed by atoms with E-state index in [4.69, 9.17) is 9.72 Å². The number of hydrogen-bond donors (Lipinski definition) is 2. The number of aromatic nitrogens is 1. The molecular formula is C30H34N4O4S. The zero-order valence-corrected chi connectivity index (χ0v) is 23.0. The number of nitriles is 1. The highest BCUT2D eigenvalue weighted by Crippen LogP contribution is 2.36. The van der Waals surface area contributed by atoms with Gasteiger partial charge in [0.05, 0.1) is 29.3 Å². The molecule has 8 nitrogen and oxygen atoms in total. The number of hydrogen-bond acceptors (Lipinski definition) is 8. The Morgan fingerprint density at radius 2 is 1.90 bits per heavy atom. The van der Waals surface area contributed by atoms with E-state index in [0.717, 1.165) is 54.4 Å². The first kappa shape index (κ1) is 27.1. The number of aliphatic carboxylic acids is 1. The number of aliphatic hydroxyl groups is 1. The van der Waals surface area contributed by atoms with E-state index < -0.39 is 5.97 Å². The number of nitrogens with zero attached hydrogens (tertiary/aromatic N) is 4. The van der Waals surface area contributed by atoms with E-state index in [2.05, 4.69) is 41.0 Å². The summed E-state index contributed by atoms with van der Waals surface area (Å²) in [6.45, 7) is 6.56. The maximum Gasteiger partial charge on any atom is 0.306 e. The minimum atomic E-state index is -0.725. The molecule has 0 amide bonds. The van der Waals surface area contributed by atoms with E-state index >= 15 is 0 Å². The Labute approximate surface area is 233 Å². The van der Waals surface area contributed by atoms with Crippen molar-refractivity contribution in [2.75, 3.05) is 31.1 Å². The third-order valence-electron chi connectivity index (χ3n) is 7.74. The maximum absolute atomic E-state index is 11.3. The largest absolute Gasteiger partial charge is 0.488 e. The first-order valence-electron chi connectivity index (χ1n) is 13.5. The van der Waals surface area contributed by atoms with Gasteiger partial charge in [0.15, 0.2) is 5.13 Å². The molecule has 2 aliphatic rings. The van der Waals surface area contributed by atoms with Crippen LogP contribution in [-0.4, -0.2) is 58.3 Å². The van der Waals surface area contributed by atoms with Gasteiger partial charge in [0, 0.05) is 43.7 Å². The predicted octanol–water partition coefficient (Wildman–Crippen LogP) is 4.83. The number of carboxylic acid groups (broad SMARTS) is 1. The van der Waals surface area contributed by atoms with Gasteiger partial charge in [-0.1, -0.05) is 18.2 Å². The highest BCUT2D eigenvalue weighted by molar-refractivity contribution is 7.14. The summed E-state index contributed by atoms with van der Waals surface area (Å²) in [4.78, 5) is 20.7. The topological polar surface area (TPSA) is 110 Å². The summed E-state index contributed by atoms with van der Waals surface area (Å²) in [6, 6.07) is 14.1. The molecule has 2 aliphatic heterocycles. The van der Waals surface area contributed by atoms with Gasteiger partial charge in [-0.3, -0.25) is 9.69 Å². The van der Waals surface area contributed by atoms with E-state index in [-0.39, 0.29) is 12.0 Å². The minimum absolute atomic E-state index is 0.165. The average Bonchev–Trinajstić information content (AvgIpc) is 3.44. The number of ether oxygens (including phenoxy) is 1. The Morgan fingerprint density at radius 1 is 1.13 bits per heavy atom. The lowest BCUT2D eigenvalue weighted by Crippen LogP contribution is -2.36. The molecule has 39 heavy (non-hydrogen) atoms. The van der Waals surface area contributed by atoms with Gasteiger partial charge in [0.2, 0.25) is 0 Å².